The predicted molar refractivity (Wildman–Crippen MR) is 102 cm³/mol. The molecule has 0 spiro atoms. The number of nitrogens with one attached hydrogen (secondary N) is 1. The molecule has 6 nitrogen and oxygen atoms in total. The highest BCUT2D eigenvalue weighted by molar-refractivity contribution is 7.13. The van der Waals surface area contributed by atoms with Crippen molar-refractivity contribution in [2.45, 2.75) is 6.10 Å². The number of thiazole rings is 1. The standard InChI is InChI=1S/C19H20N2O4S/c1-23-15-9-12(10-16(24-2)18(15)25-3)17(22)14-11-26-19(21-14)20-13-7-5-4-6-8-13/h4-11,17,22H,1-3H3,(H,20,21). The summed E-state index contributed by atoms with van der Waals surface area (Å²) in [6, 6.07) is 13.2. The van der Waals surface area contributed by atoms with Crippen molar-refractivity contribution in [2.75, 3.05) is 26.6 Å². The Morgan fingerprint density at radius 1 is 1.00 bits per heavy atom. The molecule has 1 aromatic heterocycles. The second-order valence-corrected chi connectivity index (χ2v) is 6.29. The lowest BCUT2D eigenvalue weighted by atomic mass is 10.1. The van der Waals surface area contributed by atoms with Gasteiger partial charge in [0.25, 0.3) is 0 Å². The molecule has 2 aromatic carbocycles. The lowest BCUT2D eigenvalue weighted by Gasteiger charge is -2.16. The third kappa shape index (κ3) is 3.74. The maximum atomic E-state index is 10.7. The molecule has 136 valence electrons. The summed E-state index contributed by atoms with van der Waals surface area (Å²) in [4.78, 5) is 4.48. The van der Waals surface area contributed by atoms with Crippen LogP contribution in [0.5, 0.6) is 17.2 Å². The van der Waals surface area contributed by atoms with Gasteiger partial charge < -0.3 is 24.6 Å². The first kappa shape index (κ1) is 18.0. The molecule has 3 rings (SSSR count). The Labute approximate surface area is 156 Å². The van der Waals surface area contributed by atoms with Crippen LogP contribution in [0.3, 0.4) is 0 Å². The number of nitrogens with zero attached hydrogens (tertiary/aromatic N) is 1. The fourth-order valence-electron chi connectivity index (χ4n) is 2.54. The number of aliphatic hydroxyl groups is 1. The van der Waals surface area contributed by atoms with E-state index in [-0.39, 0.29) is 0 Å². The van der Waals surface area contributed by atoms with E-state index in [1.807, 2.05) is 35.7 Å². The molecule has 26 heavy (non-hydrogen) atoms. The van der Waals surface area contributed by atoms with Crippen LogP contribution in [0, 0.1) is 0 Å². The summed E-state index contributed by atoms with van der Waals surface area (Å²) < 4.78 is 16.0. The number of methoxy groups -OCH3 is 3. The van der Waals surface area contributed by atoms with Crippen molar-refractivity contribution < 1.29 is 19.3 Å². The van der Waals surface area contributed by atoms with Crippen molar-refractivity contribution in [2.24, 2.45) is 0 Å². The summed E-state index contributed by atoms with van der Waals surface area (Å²) in [5.74, 6) is 1.45. The van der Waals surface area contributed by atoms with Crippen LogP contribution >= 0.6 is 11.3 Å². The minimum Gasteiger partial charge on any atom is -0.493 e. The van der Waals surface area contributed by atoms with Gasteiger partial charge >= 0.3 is 0 Å². The Balaban J connectivity index is 1.86. The summed E-state index contributed by atoms with van der Waals surface area (Å²) >= 11 is 1.43. The van der Waals surface area contributed by atoms with Gasteiger partial charge in [-0.1, -0.05) is 18.2 Å². The van der Waals surface area contributed by atoms with Crippen molar-refractivity contribution >= 4 is 22.2 Å². The van der Waals surface area contributed by atoms with Crippen molar-refractivity contribution in [3.63, 3.8) is 0 Å². The molecule has 1 atom stereocenters. The lowest BCUT2D eigenvalue weighted by Crippen LogP contribution is -2.03. The number of aliphatic hydroxyl groups excluding tert-OH is 1. The van der Waals surface area contributed by atoms with Gasteiger partial charge in [0.05, 0.1) is 27.0 Å². The summed E-state index contributed by atoms with van der Waals surface area (Å²) in [6.07, 6.45) is -0.911. The zero-order valence-electron chi connectivity index (χ0n) is 14.7. The maximum absolute atomic E-state index is 10.7. The highest BCUT2D eigenvalue weighted by Gasteiger charge is 2.20. The number of para-hydroxylation sites is 1. The Kier molecular flexibility index (Phi) is 5.60. The van der Waals surface area contributed by atoms with E-state index in [1.165, 1.54) is 25.6 Å². The van der Waals surface area contributed by atoms with Gasteiger partial charge in [-0.05, 0) is 29.8 Å². The van der Waals surface area contributed by atoms with E-state index in [9.17, 15) is 5.11 Å². The van der Waals surface area contributed by atoms with Crippen molar-refractivity contribution in [1.29, 1.82) is 0 Å². The minimum atomic E-state index is -0.911. The zero-order chi connectivity index (χ0) is 18.5. The molecule has 1 unspecified atom stereocenters. The first-order valence-electron chi connectivity index (χ1n) is 7.91. The van der Waals surface area contributed by atoms with E-state index in [0.29, 0.717) is 33.6 Å². The zero-order valence-corrected chi connectivity index (χ0v) is 15.5. The second kappa shape index (κ2) is 8.07. The third-order valence-electron chi connectivity index (χ3n) is 3.83. The van der Waals surface area contributed by atoms with E-state index in [1.54, 1.807) is 19.2 Å². The van der Waals surface area contributed by atoms with Crippen LogP contribution in [-0.2, 0) is 0 Å². The fourth-order valence-corrected chi connectivity index (χ4v) is 3.29. The van der Waals surface area contributed by atoms with Gasteiger partial charge in [0.1, 0.15) is 6.10 Å². The smallest absolute Gasteiger partial charge is 0.203 e. The van der Waals surface area contributed by atoms with E-state index < -0.39 is 6.10 Å². The van der Waals surface area contributed by atoms with Crippen LogP contribution in [0.1, 0.15) is 17.4 Å². The monoisotopic (exact) mass is 372 g/mol. The topological polar surface area (TPSA) is 72.8 Å². The quantitative estimate of drug-likeness (QED) is 0.653. The van der Waals surface area contributed by atoms with Crippen molar-refractivity contribution in [3.8, 4) is 17.2 Å². The highest BCUT2D eigenvalue weighted by Crippen LogP contribution is 2.41. The number of ether oxygens (including phenoxy) is 3. The predicted octanol–water partition coefficient (Wildman–Crippen LogP) is 3.99. The van der Waals surface area contributed by atoms with Crippen LogP contribution in [0.2, 0.25) is 0 Å². The van der Waals surface area contributed by atoms with Crippen LogP contribution in [0.15, 0.2) is 47.8 Å². The Hall–Kier alpha value is -2.77. The van der Waals surface area contributed by atoms with Crippen LogP contribution < -0.4 is 19.5 Å². The molecular weight excluding hydrogens is 352 g/mol. The summed E-state index contributed by atoms with van der Waals surface area (Å²) in [5, 5.41) is 16.5. The molecule has 3 aromatic rings. The number of hydrogen-bond acceptors (Lipinski definition) is 7. The number of rotatable bonds is 7. The van der Waals surface area contributed by atoms with Crippen molar-refractivity contribution in [1.82, 2.24) is 4.98 Å². The third-order valence-corrected chi connectivity index (χ3v) is 4.61. The van der Waals surface area contributed by atoms with Crippen molar-refractivity contribution in [3.05, 3.63) is 59.1 Å². The van der Waals surface area contributed by atoms with Gasteiger partial charge in [-0.15, -0.1) is 11.3 Å². The molecule has 1 heterocycles. The van der Waals surface area contributed by atoms with Crippen LogP contribution in [0.4, 0.5) is 10.8 Å². The van der Waals surface area contributed by atoms with Gasteiger partial charge in [0, 0.05) is 11.1 Å². The molecular formula is C19H20N2O4S. The average Bonchev–Trinajstić information content (AvgIpc) is 3.15. The largest absolute Gasteiger partial charge is 0.493 e. The van der Waals surface area contributed by atoms with E-state index in [2.05, 4.69) is 10.3 Å². The molecule has 0 bridgehead atoms. The minimum absolute atomic E-state index is 0.482. The average molecular weight is 372 g/mol. The SMILES string of the molecule is COc1cc(C(O)c2csc(Nc3ccccc3)n2)cc(OC)c1OC. The molecule has 0 aliphatic heterocycles. The number of anilines is 2. The van der Waals surface area contributed by atoms with Crippen LogP contribution in [-0.4, -0.2) is 31.4 Å². The van der Waals surface area contributed by atoms with E-state index in [4.69, 9.17) is 14.2 Å². The highest BCUT2D eigenvalue weighted by atomic mass is 32.1. The van der Waals surface area contributed by atoms with E-state index in [0.717, 1.165) is 5.69 Å². The maximum Gasteiger partial charge on any atom is 0.203 e. The molecule has 0 saturated heterocycles. The van der Waals surface area contributed by atoms with Gasteiger partial charge in [-0.2, -0.15) is 0 Å². The number of benzene rings is 2. The van der Waals surface area contributed by atoms with E-state index >= 15 is 0 Å². The normalized spacial score (nSPS) is 11.7. The molecule has 0 radical (unpaired) electrons. The van der Waals surface area contributed by atoms with Gasteiger partial charge in [-0.25, -0.2) is 4.98 Å². The molecule has 0 saturated carbocycles. The molecule has 0 aliphatic carbocycles. The Morgan fingerprint density at radius 2 is 1.65 bits per heavy atom. The molecule has 0 fully saturated rings. The Bertz CT molecular complexity index is 842. The molecule has 0 aliphatic rings. The molecule has 7 heteroatoms. The number of hydrogen-bond donors (Lipinski definition) is 2. The van der Waals surface area contributed by atoms with Gasteiger partial charge in [0.2, 0.25) is 5.75 Å². The van der Waals surface area contributed by atoms with Gasteiger partial charge in [0.15, 0.2) is 16.6 Å². The summed E-state index contributed by atoms with van der Waals surface area (Å²) in [5.41, 5.74) is 2.09. The molecule has 2 N–H and O–H groups in total. The summed E-state index contributed by atoms with van der Waals surface area (Å²) in [7, 11) is 4.62. The first-order valence-corrected chi connectivity index (χ1v) is 8.79. The lowest BCUT2D eigenvalue weighted by molar-refractivity contribution is 0.214. The second-order valence-electron chi connectivity index (χ2n) is 5.43. The Morgan fingerprint density at radius 3 is 2.23 bits per heavy atom. The number of aromatic nitrogens is 1. The summed E-state index contributed by atoms with van der Waals surface area (Å²) in [6.45, 7) is 0. The van der Waals surface area contributed by atoms with Gasteiger partial charge in [-0.3, -0.25) is 0 Å². The first-order chi connectivity index (χ1) is 12.7. The van der Waals surface area contributed by atoms with Crippen LogP contribution in [0.25, 0.3) is 0 Å². The molecule has 0 amide bonds. The fraction of sp³-hybridized carbons (Fsp3) is 0.211.